The molecule has 0 saturated carbocycles. The lowest BCUT2D eigenvalue weighted by atomic mass is 9.98. The molecule has 0 spiro atoms. The Labute approximate surface area is 188 Å². The molecule has 3 heterocycles. The third kappa shape index (κ3) is 4.82. The van der Waals surface area contributed by atoms with E-state index in [0.717, 1.165) is 41.4 Å². The van der Waals surface area contributed by atoms with Crippen molar-refractivity contribution in [3.8, 4) is 11.3 Å². The zero-order chi connectivity index (χ0) is 22.0. The van der Waals surface area contributed by atoms with E-state index in [1.165, 1.54) is 23.5 Å². The summed E-state index contributed by atoms with van der Waals surface area (Å²) >= 11 is 7.18. The van der Waals surface area contributed by atoms with E-state index in [1.54, 1.807) is 18.2 Å². The average molecular weight is 463 g/mol. The van der Waals surface area contributed by atoms with Gasteiger partial charge in [-0.15, -0.1) is 11.3 Å². The van der Waals surface area contributed by atoms with Crippen LogP contribution in [0.15, 0.2) is 30.3 Å². The zero-order valence-corrected chi connectivity index (χ0v) is 18.6. The lowest BCUT2D eigenvalue weighted by Crippen LogP contribution is -2.46. The number of carbonyl (C=O) groups is 1. The molecule has 0 radical (unpaired) electrons. The molecule has 1 aromatic carbocycles. The van der Waals surface area contributed by atoms with Gasteiger partial charge in [0.1, 0.15) is 16.5 Å². The fraction of sp³-hybridized carbons (Fsp3) is 0.364. The van der Waals surface area contributed by atoms with Crippen LogP contribution in [0.3, 0.4) is 0 Å². The standard InChI is InChI=1S/C22H24ClFN4O2S/c1-12-19(11-29)31-22(26-12)20(17-4-2-3-9-25-17)28-21(30)18-8-7-16(27-18)13-5-6-14(23)15(24)10-13/h5-8,10,17,20,25,27,29H,2-4,9,11H2,1H3,(H,28,30)/t17-,20-/m1/s1. The van der Waals surface area contributed by atoms with Crippen molar-refractivity contribution in [3.05, 3.63) is 62.4 Å². The van der Waals surface area contributed by atoms with Gasteiger partial charge in [0.2, 0.25) is 0 Å². The second-order valence-electron chi connectivity index (χ2n) is 7.64. The van der Waals surface area contributed by atoms with Crippen LogP contribution in [0.25, 0.3) is 11.3 Å². The summed E-state index contributed by atoms with van der Waals surface area (Å²) in [4.78, 5) is 21.5. The molecule has 1 aliphatic heterocycles. The van der Waals surface area contributed by atoms with Crippen LogP contribution in [0.1, 0.15) is 51.4 Å². The van der Waals surface area contributed by atoms with Gasteiger partial charge in [0.15, 0.2) is 0 Å². The highest BCUT2D eigenvalue weighted by atomic mass is 35.5. The Morgan fingerprint density at radius 2 is 2.23 bits per heavy atom. The minimum atomic E-state index is -0.512. The van der Waals surface area contributed by atoms with Gasteiger partial charge in [0.25, 0.3) is 5.91 Å². The number of thiazole rings is 1. The Morgan fingerprint density at radius 1 is 1.39 bits per heavy atom. The van der Waals surface area contributed by atoms with Gasteiger partial charge in [0, 0.05) is 17.3 Å². The number of hydrogen-bond acceptors (Lipinski definition) is 5. The van der Waals surface area contributed by atoms with Crippen molar-refractivity contribution in [2.24, 2.45) is 0 Å². The number of rotatable bonds is 6. The zero-order valence-electron chi connectivity index (χ0n) is 17.0. The van der Waals surface area contributed by atoms with Crippen LogP contribution >= 0.6 is 22.9 Å². The Kier molecular flexibility index (Phi) is 6.71. The molecule has 0 unspecified atom stereocenters. The molecule has 0 aliphatic carbocycles. The van der Waals surface area contributed by atoms with Gasteiger partial charge in [-0.05, 0) is 50.6 Å². The van der Waals surface area contributed by atoms with E-state index in [9.17, 15) is 14.3 Å². The summed E-state index contributed by atoms with van der Waals surface area (Å²) in [5, 5.41) is 17.0. The summed E-state index contributed by atoms with van der Waals surface area (Å²) in [6, 6.07) is 7.69. The highest BCUT2D eigenvalue weighted by molar-refractivity contribution is 7.11. The number of aromatic nitrogens is 2. The Bertz CT molecular complexity index is 1080. The second kappa shape index (κ2) is 9.48. The quantitative estimate of drug-likeness (QED) is 0.438. The predicted octanol–water partition coefficient (Wildman–Crippen LogP) is 4.34. The highest BCUT2D eigenvalue weighted by Gasteiger charge is 2.30. The van der Waals surface area contributed by atoms with Gasteiger partial charge >= 0.3 is 0 Å². The molecule has 4 N–H and O–H groups in total. The van der Waals surface area contributed by atoms with Crippen molar-refractivity contribution in [2.45, 2.75) is 44.9 Å². The highest BCUT2D eigenvalue weighted by Crippen LogP contribution is 2.30. The van der Waals surface area contributed by atoms with E-state index in [-0.39, 0.29) is 29.6 Å². The summed E-state index contributed by atoms with van der Waals surface area (Å²) in [5.74, 6) is -0.779. The molecule has 1 fully saturated rings. The average Bonchev–Trinajstić information content (AvgIpc) is 3.41. The molecule has 4 rings (SSSR count). The largest absolute Gasteiger partial charge is 0.391 e. The van der Waals surface area contributed by atoms with Gasteiger partial charge in [-0.3, -0.25) is 4.79 Å². The van der Waals surface area contributed by atoms with Gasteiger partial charge < -0.3 is 20.7 Å². The lowest BCUT2D eigenvalue weighted by molar-refractivity contribution is 0.0918. The van der Waals surface area contributed by atoms with E-state index in [1.807, 2.05) is 6.92 Å². The maximum absolute atomic E-state index is 13.8. The SMILES string of the molecule is Cc1nc([C@H](NC(=O)c2ccc(-c3ccc(Cl)c(F)c3)[nH]2)[C@H]2CCCCN2)sc1CO. The maximum Gasteiger partial charge on any atom is 0.268 e. The van der Waals surface area contributed by atoms with Crippen LogP contribution in [0, 0.1) is 12.7 Å². The molecule has 9 heteroatoms. The molecule has 2 aromatic heterocycles. The molecular weight excluding hydrogens is 439 g/mol. The van der Waals surface area contributed by atoms with Crippen molar-refractivity contribution < 1.29 is 14.3 Å². The van der Waals surface area contributed by atoms with Gasteiger partial charge in [-0.2, -0.15) is 0 Å². The number of carbonyl (C=O) groups excluding carboxylic acids is 1. The molecule has 164 valence electrons. The lowest BCUT2D eigenvalue weighted by Gasteiger charge is -2.30. The summed E-state index contributed by atoms with van der Waals surface area (Å²) < 4.78 is 13.8. The molecule has 2 atom stereocenters. The number of halogens is 2. The number of aromatic amines is 1. The van der Waals surface area contributed by atoms with Gasteiger partial charge in [0.05, 0.1) is 28.2 Å². The smallest absolute Gasteiger partial charge is 0.268 e. The maximum atomic E-state index is 13.8. The first-order chi connectivity index (χ1) is 15.0. The first kappa shape index (κ1) is 22.0. The summed E-state index contributed by atoms with van der Waals surface area (Å²) in [7, 11) is 0. The molecule has 3 aromatic rings. The van der Waals surface area contributed by atoms with E-state index < -0.39 is 5.82 Å². The fourth-order valence-electron chi connectivity index (χ4n) is 3.81. The first-order valence-corrected chi connectivity index (χ1v) is 11.4. The third-order valence-corrected chi connectivity index (χ3v) is 7.05. The van der Waals surface area contributed by atoms with E-state index in [0.29, 0.717) is 17.0 Å². The van der Waals surface area contributed by atoms with Crippen molar-refractivity contribution in [3.63, 3.8) is 0 Å². The normalized spacial score (nSPS) is 17.5. The Balaban J connectivity index is 1.57. The topological polar surface area (TPSA) is 90.0 Å². The number of benzene rings is 1. The minimum Gasteiger partial charge on any atom is -0.391 e. The second-order valence-corrected chi connectivity index (χ2v) is 9.16. The number of piperidine rings is 1. The van der Waals surface area contributed by atoms with E-state index in [2.05, 4.69) is 20.6 Å². The van der Waals surface area contributed by atoms with E-state index in [4.69, 9.17) is 11.6 Å². The third-order valence-electron chi connectivity index (χ3n) is 5.52. The number of aliphatic hydroxyl groups excluding tert-OH is 1. The Morgan fingerprint density at radius 3 is 2.90 bits per heavy atom. The number of amides is 1. The molecular formula is C22H24ClFN4O2S. The van der Waals surface area contributed by atoms with Crippen LogP contribution in [0.5, 0.6) is 0 Å². The number of hydrogen-bond donors (Lipinski definition) is 4. The molecule has 0 bridgehead atoms. The summed E-state index contributed by atoms with van der Waals surface area (Å²) in [6.45, 7) is 2.68. The first-order valence-electron chi connectivity index (χ1n) is 10.2. The molecule has 6 nitrogen and oxygen atoms in total. The molecule has 1 amide bonds. The summed E-state index contributed by atoms with van der Waals surface area (Å²) in [5.41, 5.74) is 2.39. The number of aliphatic hydroxyl groups is 1. The van der Waals surface area contributed by atoms with Crippen LogP contribution in [0.2, 0.25) is 5.02 Å². The van der Waals surface area contributed by atoms with E-state index >= 15 is 0 Å². The van der Waals surface area contributed by atoms with Crippen molar-refractivity contribution in [1.82, 2.24) is 20.6 Å². The minimum absolute atomic E-state index is 0.0529. The van der Waals surface area contributed by atoms with Crippen LogP contribution in [-0.4, -0.2) is 33.6 Å². The Hall–Kier alpha value is -2.26. The van der Waals surface area contributed by atoms with Crippen LogP contribution in [0.4, 0.5) is 4.39 Å². The van der Waals surface area contributed by atoms with Gasteiger partial charge in [-0.25, -0.2) is 9.37 Å². The monoisotopic (exact) mass is 462 g/mol. The molecule has 31 heavy (non-hydrogen) atoms. The van der Waals surface area contributed by atoms with Crippen LogP contribution < -0.4 is 10.6 Å². The van der Waals surface area contributed by atoms with Gasteiger partial charge in [-0.1, -0.05) is 24.1 Å². The molecule has 1 saturated heterocycles. The van der Waals surface area contributed by atoms with Crippen LogP contribution in [-0.2, 0) is 6.61 Å². The summed E-state index contributed by atoms with van der Waals surface area (Å²) in [6.07, 6.45) is 3.11. The number of H-pyrrole nitrogens is 1. The number of nitrogens with one attached hydrogen (secondary N) is 3. The van der Waals surface area contributed by atoms with Crippen molar-refractivity contribution >= 4 is 28.8 Å². The number of aryl methyl sites for hydroxylation is 1. The number of nitrogens with zero attached hydrogens (tertiary/aromatic N) is 1. The predicted molar refractivity (Wildman–Crippen MR) is 120 cm³/mol. The fourth-order valence-corrected chi connectivity index (χ4v) is 4.97. The molecule has 1 aliphatic rings. The van der Waals surface area contributed by atoms with Crippen molar-refractivity contribution in [1.29, 1.82) is 0 Å². The van der Waals surface area contributed by atoms with Crippen molar-refractivity contribution in [2.75, 3.05) is 6.54 Å².